The van der Waals surface area contributed by atoms with Crippen molar-refractivity contribution in [2.24, 2.45) is 5.41 Å². The number of nitrogens with one attached hydrogen (secondary N) is 1. The predicted octanol–water partition coefficient (Wildman–Crippen LogP) is 4.05. The van der Waals surface area contributed by atoms with E-state index in [9.17, 15) is 14.7 Å². The summed E-state index contributed by atoms with van der Waals surface area (Å²) in [5, 5.41) is 14.3. The Morgan fingerprint density at radius 3 is 2.53 bits per heavy atom. The third-order valence-electron chi connectivity index (χ3n) is 4.55. The fraction of sp³-hybridized carbons (Fsp3) is 0.261. The molecule has 0 saturated carbocycles. The van der Waals surface area contributed by atoms with Gasteiger partial charge in [-0.3, -0.25) is 9.59 Å². The molecule has 0 aliphatic heterocycles. The van der Waals surface area contributed by atoms with Crippen LogP contribution < -0.4 is 10.1 Å². The van der Waals surface area contributed by atoms with Crippen molar-refractivity contribution in [1.29, 1.82) is 0 Å². The lowest BCUT2D eigenvalue weighted by atomic mass is 9.93. The summed E-state index contributed by atoms with van der Waals surface area (Å²) in [5.41, 5.74) is -1.01. The maximum Gasteiger partial charge on any atom is 0.313 e. The molecule has 0 bridgehead atoms. The number of aromatic nitrogens is 1. The summed E-state index contributed by atoms with van der Waals surface area (Å²) in [6.07, 6.45) is 1.50. The van der Waals surface area contributed by atoms with Gasteiger partial charge in [0.05, 0.1) is 12.0 Å². The van der Waals surface area contributed by atoms with E-state index in [1.165, 1.54) is 6.20 Å². The van der Waals surface area contributed by atoms with Gasteiger partial charge in [-0.25, -0.2) is 4.98 Å². The molecule has 7 heteroatoms. The Morgan fingerprint density at radius 1 is 1.10 bits per heavy atom. The van der Waals surface area contributed by atoms with Gasteiger partial charge in [-0.1, -0.05) is 18.2 Å². The number of fused-ring (bicyclic) bond motifs is 1. The summed E-state index contributed by atoms with van der Waals surface area (Å²) < 4.78 is 10.8. The number of ether oxygens (including phenoxy) is 2. The van der Waals surface area contributed by atoms with Crippen molar-refractivity contribution in [1.82, 2.24) is 10.3 Å². The van der Waals surface area contributed by atoms with Gasteiger partial charge in [0.1, 0.15) is 11.5 Å². The standard InChI is InChI=1S/C23H24N2O5/c1-4-29-22(28)23(2,3)14-25-21(27)19-20(26)18-11-10-17(12-15(18)13-24-19)30-16-8-6-5-7-9-16/h5-13,26H,4,14H2,1-3H3,(H,25,27). The van der Waals surface area contributed by atoms with Crippen molar-refractivity contribution in [2.75, 3.05) is 13.2 Å². The summed E-state index contributed by atoms with van der Waals surface area (Å²) in [7, 11) is 0. The predicted molar refractivity (Wildman–Crippen MR) is 113 cm³/mol. The molecule has 0 atom stereocenters. The van der Waals surface area contributed by atoms with Crippen LogP contribution in [0, 0.1) is 5.41 Å². The van der Waals surface area contributed by atoms with Crippen molar-refractivity contribution in [3.05, 3.63) is 60.4 Å². The molecule has 156 valence electrons. The zero-order valence-corrected chi connectivity index (χ0v) is 17.1. The highest BCUT2D eigenvalue weighted by atomic mass is 16.5. The Labute approximate surface area is 174 Å². The second kappa shape index (κ2) is 8.82. The van der Waals surface area contributed by atoms with Gasteiger partial charge in [-0.2, -0.15) is 0 Å². The smallest absolute Gasteiger partial charge is 0.313 e. The number of pyridine rings is 1. The summed E-state index contributed by atoms with van der Waals surface area (Å²) in [6, 6.07) is 14.4. The molecule has 0 saturated heterocycles. The Hall–Kier alpha value is -3.61. The molecule has 1 heterocycles. The molecule has 30 heavy (non-hydrogen) atoms. The summed E-state index contributed by atoms with van der Waals surface area (Å²) >= 11 is 0. The maximum absolute atomic E-state index is 12.5. The average molecular weight is 408 g/mol. The first kappa shape index (κ1) is 21.1. The van der Waals surface area contributed by atoms with E-state index in [1.54, 1.807) is 39.0 Å². The van der Waals surface area contributed by atoms with Crippen molar-refractivity contribution in [2.45, 2.75) is 20.8 Å². The lowest BCUT2D eigenvalue weighted by Crippen LogP contribution is -2.40. The molecular formula is C23H24N2O5. The van der Waals surface area contributed by atoms with Crippen LogP contribution in [-0.2, 0) is 9.53 Å². The molecule has 0 aliphatic rings. The molecule has 0 radical (unpaired) electrons. The topological polar surface area (TPSA) is 97.8 Å². The molecule has 3 rings (SSSR count). The first-order chi connectivity index (χ1) is 14.3. The molecule has 7 nitrogen and oxygen atoms in total. The molecule has 3 aromatic rings. The monoisotopic (exact) mass is 408 g/mol. The number of esters is 1. The van der Waals surface area contributed by atoms with E-state index >= 15 is 0 Å². The van der Waals surface area contributed by atoms with Crippen LogP contribution in [0.5, 0.6) is 17.2 Å². The van der Waals surface area contributed by atoms with Gasteiger partial charge in [0.25, 0.3) is 5.91 Å². The second-order valence-electron chi connectivity index (χ2n) is 7.41. The van der Waals surface area contributed by atoms with Gasteiger partial charge < -0.3 is 19.9 Å². The van der Waals surface area contributed by atoms with Crippen LogP contribution in [0.2, 0.25) is 0 Å². The van der Waals surface area contributed by atoms with Crippen LogP contribution in [-0.4, -0.2) is 35.1 Å². The Balaban J connectivity index is 1.77. The number of carbonyl (C=O) groups excluding carboxylic acids is 2. The first-order valence-electron chi connectivity index (χ1n) is 9.62. The molecule has 0 unspecified atom stereocenters. The minimum absolute atomic E-state index is 0.0493. The van der Waals surface area contributed by atoms with Crippen molar-refractivity contribution >= 4 is 22.6 Å². The van der Waals surface area contributed by atoms with Crippen molar-refractivity contribution in [3.63, 3.8) is 0 Å². The fourth-order valence-corrected chi connectivity index (χ4v) is 2.82. The minimum atomic E-state index is -0.901. The lowest BCUT2D eigenvalue weighted by molar-refractivity contribution is -0.153. The molecule has 1 amide bonds. The van der Waals surface area contributed by atoms with E-state index in [-0.39, 0.29) is 24.6 Å². The highest BCUT2D eigenvalue weighted by molar-refractivity contribution is 6.01. The van der Waals surface area contributed by atoms with Gasteiger partial charge in [0.15, 0.2) is 11.4 Å². The largest absolute Gasteiger partial charge is 0.505 e. The lowest BCUT2D eigenvalue weighted by Gasteiger charge is -2.22. The third kappa shape index (κ3) is 4.68. The van der Waals surface area contributed by atoms with Crippen LogP contribution in [0.25, 0.3) is 10.8 Å². The average Bonchev–Trinajstić information content (AvgIpc) is 2.73. The van der Waals surface area contributed by atoms with E-state index in [0.29, 0.717) is 22.3 Å². The molecule has 0 fully saturated rings. The zero-order valence-electron chi connectivity index (χ0n) is 17.1. The SMILES string of the molecule is CCOC(=O)C(C)(C)CNC(=O)c1ncc2cc(Oc3ccccc3)ccc2c1O. The summed E-state index contributed by atoms with van der Waals surface area (Å²) in [5.74, 6) is 0.0612. The Kier molecular flexibility index (Phi) is 6.20. The number of aromatic hydroxyl groups is 1. The fourth-order valence-electron chi connectivity index (χ4n) is 2.82. The van der Waals surface area contributed by atoms with Crippen LogP contribution in [0.1, 0.15) is 31.3 Å². The normalized spacial score (nSPS) is 11.2. The zero-order chi connectivity index (χ0) is 21.7. The Bertz CT molecular complexity index is 1060. The highest BCUT2D eigenvalue weighted by Crippen LogP contribution is 2.31. The number of carbonyl (C=O) groups is 2. The number of benzene rings is 2. The van der Waals surface area contributed by atoms with Crippen LogP contribution in [0.4, 0.5) is 0 Å². The van der Waals surface area contributed by atoms with Crippen LogP contribution in [0.15, 0.2) is 54.7 Å². The van der Waals surface area contributed by atoms with Crippen LogP contribution in [0.3, 0.4) is 0 Å². The van der Waals surface area contributed by atoms with Crippen molar-refractivity contribution < 1.29 is 24.2 Å². The first-order valence-corrected chi connectivity index (χ1v) is 9.62. The van der Waals surface area contributed by atoms with E-state index < -0.39 is 17.3 Å². The quantitative estimate of drug-likeness (QED) is 0.573. The Morgan fingerprint density at radius 2 is 1.83 bits per heavy atom. The summed E-state index contributed by atoms with van der Waals surface area (Å²) in [6.45, 7) is 5.38. The number of hydrogen-bond donors (Lipinski definition) is 2. The molecule has 2 N–H and O–H groups in total. The number of para-hydroxylation sites is 1. The second-order valence-corrected chi connectivity index (χ2v) is 7.41. The maximum atomic E-state index is 12.5. The van der Waals surface area contributed by atoms with E-state index in [4.69, 9.17) is 9.47 Å². The molecule has 1 aromatic heterocycles. The van der Waals surface area contributed by atoms with Gasteiger partial charge in [0.2, 0.25) is 0 Å². The van der Waals surface area contributed by atoms with E-state index in [0.717, 1.165) is 0 Å². The van der Waals surface area contributed by atoms with Gasteiger partial charge in [-0.05, 0) is 51.1 Å². The number of hydrogen-bond acceptors (Lipinski definition) is 6. The van der Waals surface area contributed by atoms with E-state index in [1.807, 2.05) is 30.3 Å². The third-order valence-corrected chi connectivity index (χ3v) is 4.55. The highest BCUT2D eigenvalue weighted by Gasteiger charge is 2.30. The summed E-state index contributed by atoms with van der Waals surface area (Å²) in [4.78, 5) is 28.6. The van der Waals surface area contributed by atoms with Crippen molar-refractivity contribution in [3.8, 4) is 17.2 Å². The van der Waals surface area contributed by atoms with Gasteiger partial charge in [-0.15, -0.1) is 0 Å². The number of amides is 1. The molecular weight excluding hydrogens is 384 g/mol. The van der Waals surface area contributed by atoms with Gasteiger partial charge >= 0.3 is 5.97 Å². The number of rotatable bonds is 7. The minimum Gasteiger partial charge on any atom is -0.505 e. The van der Waals surface area contributed by atoms with Gasteiger partial charge in [0, 0.05) is 23.5 Å². The molecule has 0 spiro atoms. The van der Waals surface area contributed by atoms with Crippen LogP contribution >= 0.6 is 0 Å². The molecule has 0 aliphatic carbocycles. The van der Waals surface area contributed by atoms with E-state index in [2.05, 4.69) is 10.3 Å². The number of nitrogens with zero attached hydrogens (tertiary/aromatic N) is 1. The molecule has 2 aromatic carbocycles.